The highest BCUT2D eigenvalue weighted by Crippen LogP contribution is 2.22. The van der Waals surface area contributed by atoms with Gasteiger partial charge in [0.15, 0.2) is 6.10 Å². The lowest BCUT2D eigenvalue weighted by Crippen LogP contribution is -2.40. The second kappa shape index (κ2) is 8.08. The minimum atomic E-state index is -0.692. The number of halogens is 1. The molecular formula is C17H21FN2O2S. The van der Waals surface area contributed by atoms with Gasteiger partial charge < -0.3 is 15.0 Å². The molecule has 124 valence electrons. The van der Waals surface area contributed by atoms with Gasteiger partial charge in [-0.2, -0.15) is 0 Å². The quantitative estimate of drug-likeness (QED) is 0.845. The van der Waals surface area contributed by atoms with Crippen molar-refractivity contribution in [2.24, 2.45) is 0 Å². The average Bonchev–Trinajstić information content (AvgIpc) is 3.01. The molecule has 2 unspecified atom stereocenters. The molecule has 23 heavy (non-hydrogen) atoms. The first-order chi connectivity index (χ1) is 11.0. The van der Waals surface area contributed by atoms with Crippen molar-refractivity contribution in [1.82, 2.24) is 10.2 Å². The van der Waals surface area contributed by atoms with Crippen LogP contribution < -0.4 is 10.1 Å². The van der Waals surface area contributed by atoms with Crippen molar-refractivity contribution >= 4 is 17.2 Å². The number of rotatable bonds is 7. The van der Waals surface area contributed by atoms with E-state index in [1.807, 2.05) is 31.6 Å². The molecule has 1 amide bonds. The fraction of sp³-hybridized carbons (Fsp3) is 0.353. The first-order valence-electron chi connectivity index (χ1n) is 7.37. The molecule has 1 N–H and O–H groups in total. The van der Waals surface area contributed by atoms with Gasteiger partial charge in [0.05, 0.1) is 6.04 Å². The molecule has 0 spiro atoms. The second-order valence-electron chi connectivity index (χ2n) is 5.46. The summed E-state index contributed by atoms with van der Waals surface area (Å²) in [6.45, 7) is 2.14. The molecule has 2 atom stereocenters. The van der Waals surface area contributed by atoms with Gasteiger partial charge in [-0.1, -0.05) is 12.1 Å². The van der Waals surface area contributed by atoms with Gasteiger partial charge in [-0.05, 0) is 44.6 Å². The molecule has 0 fully saturated rings. The van der Waals surface area contributed by atoms with Crippen LogP contribution in [0.25, 0.3) is 0 Å². The van der Waals surface area contributed by atoms with E-state index in [2.05, 4.69) is 10.2 Å². The van der Waals surface area contributed by atoms with E-state index < -0.39 is 6.10 Å². The molecule has 0 bridgehead atoms. The van der Waals surface area contributed by atoms with E-state index in [0.717, 1.165) is 0 Å². The minimum Gasteiger partial charge on any atom is -0.481 e. The van der Waals surface area contributed by atoms with Crippen LogP contribution in [0.4, 0.5) is 4.39 Å². The molecule has 1 aromatic heterocycles. The van der Waals surface area contributed by atoms with E-state index in [1.54, 1.807) is 30.4 Å². The fourth-order valence-electron chi connectivity index (χ4n) is 2.16. The Morgan fingerprint density at radius 1 is 1.35 bits per heavy atom. The summed E-state index contributed by atoms with van der Waals surface area (Å²) in [5.74, 6) is -0.270. The first-order valence-corrected chi connectivity index (χ1v) is 8.25. The van der Waals surface area contributed by atoms with Crippen LogP contribution >= 0.6 is 11.3 Å². The molecule has 2 rings (SSSR count). The predicted molar refractivity (Wildman–Crippen MR) is 90.2 cm³/mol. The maximum atomic E-state index is 13.1. The highest BCUT2D eigenvalue weighted by atomic mass is 32.1. The number of carbonyl (C=O) groups excluding carboxylic acids is 1. The van der Waals surface area contributed by atoms with Gasteiger partial charge in [0.2, 0.25) is 0 Å². The fourth-order valence-corrected chi connectivity index (χ4v) is 3.08. The van der Waals surface area contributed by atoms with E-state index in [0.29, 0.717) is 12.3 Å². The van der Waals surface area contributed by atoms with Gasteiger partial charge in [-0.3, -0.25) is 4.79 Å². The van der Waals surface area contributed by atoms with Gasteiger partial charge in [-0.15, -0.1) is 11.3 Å². The first kappa shape index (κ1) is 17.4. The second-order valence-corrected chi connectivity index (χ2v) is 6.44. The minimum absolute atomic E-state index is 0.111. The number of ether oxygens (including phenoxy) is 1. The Labute approximate surface area is 139 Å². The van der Waals surface area contributed by atoms with Crippen molar-refractivity contribution < 1.29 is 13.9 Å². The van der Waals surface area contributed by atoms with Gasteiger partial charge in [0.1, 0.15) is 11.6 Å². The third-order valence-electron chi connectivity index (χ3n) is 3.44. The lowest BCUT2D eigenvalue weighted by Gasteiger charge is -2.24. The number of hydrogen-bond acceptors (Lipinski definition) is 4. The van der Waals surface area contributed by atoms with Crippen LogP contribution in [0.2, 0.25) is 0 Å². The van der Waals surface area contributed by atoms with Crippen LogP contribution in [0.15, 0.2) is 41.8 Å². The topological polar surface area (TPSA) is 41.6 Å². The standard InChI is InChI=1S/C17H21FN2O2S/c1-12(22-14-7-4-6-13(18)10-14)17(21)19-11-15(20(2)3)16-8-5-9-23-16/h4-10,12,15H,11H2,1-3H3,(H,19,21). The zero-order valence-electron chi connectivity index (χ0n) is 13.5. The molecule has 0 aliphatic carbocycles. The summed E-state index contributed by atoms with van der Waals surface area (Å²) in [6.07, 6.45) is -0.692. The summed E-state index contributed by atoms with van der Waals surface area (Å²) in [7, 11) is 3.95. The third kappa shape index (κ3) is 5.04. The molecule has 0 saturated heterocycles. The number of likely N-dealkylation sites (N-methyl/N-ethyl adjacent to an activating group) is 1. The van der Waals surface area contributed by atoms with Crippen molar-refractivity contribution in [2.45, 2.75) is 19.1 Å². The summed E-state index contributed by atoms with van der Waals surface area (Å²) >= 11 is 1.66. The van der Waals surface area contributed by atoms with Crippen LogP contribution in [0, 0.1) is 5.82 Å². The van der Waals surface area contributed by atoms with Gasteiger partial charge in [0, 0.05) is 17.5 Å². The lowest BCUT2D eigenvalue weighted by atomic mass is 10.2. The van der Waals surface area contributed by atoms with E-state index in [1.165, 1.54) is 17.0 Å². The Hall–Kier alpha value is -1.92. The summed E-state index contributed by atoms with van der Waals surface area (Å²) in [5.41, 5.74) is 0. The Morgan fingerprint density at radius 2 is 2.13 bits per heavy atom. The summed E-state index contributed by atoms with van der Waals surface area (Å²) in [6, 6.07) is 9.93. The maximum absolute atomic E-state index is 13.1. The van der Waals surface area contributed by atoms with Crippen molar-refractivity contribution in [3.05, 3.63) is 52.5 Å². The molecule has 0 aliphatic rings. The zero-order chi connectivity index (χ0) is 16.8. The lowest BCUT2D eigenvalue weighted by molar-refractivity contribution is -0.127. The number of benzene rings is 1. The van der Waals surface area contributed by atoms with E-state index in [9.17, 15) is 9.18 Å². The van der Waals surface area contributed by atoms with E-state index in [-0.39, 0.29) is 17.8 Å². The smallest absolute Gasteiger partial charge is 0.260 e. The third-order valence-corrected chi connectivity index (χ3v) is 4.42. The number of thiophene rings is 1. The Morgan fingerprint density at radius 3 is 2.74 bits per heavy atom. The van der Waals surface area contributed by atoms with Gasteiger partial charge in [-0.25, -0.2) is 4.39 Å². The molecule has 1 heterocycles. The van der Waals surface area contributed by atoms with Gasteiger partial charge >= 0.3 is 0 Å². The average molecular weight is 336 g/mol. The highest BCUT2D eigenvalue weighted by molar-refractivity contribution is 7.10. The van der Waals surface area contributed by atoms with E-state index in [4.69, 9.17) is 4.74 Å². The molecular weight excluding hydrogens is 315 g/mol. The summed E-state index contributed by atoms with van der Waals surface area (Å²) in [4.78, 5) is 15.4. The summed E-state index contributed by atoms with van der Waals surface area (Å²) in [5, 5.41) is 4.91. The van der Waals surface area contributed by atoms with Crippen LogP contribution in [-0.2, 0) is 4.79 Å². The zero-order valence-corrected chi connectivity index (χ0v) is 14.3. The van der Waals surface area contributed by atoms with Crippen LogP contribution in [0.1, 0.15) is 17.8 Å². The molecule has 4 nitrogen and oxygen atoms in total. The molecule has 0 radical (unpaired) electrons. The molecule has 6 heteroatoms. The van der Waals surface area contributed by atoms with Crippen LogP contribution in [0.3, 0.4) is 0 Å². The number of amides is 1. The number of nitrogens with one attached hydrogen (secondary N) is 1. The molecule has 2 aromatic rings. The molecule has 0 saturated carbocycles. The van der Waals surface area contributed by atoms with Crippen molar-refractivity contribution in [3.8, 4) is 5.75 Å². The molecule has 0 aliphatic heterocycles. The Kier molecular flexibility index (Phi) is 6.12. The number of carbonyl (C=O) groups is 1. The van der Waals surface area contributed by atoms with Gasteiger partial charge in [0.25, 0.3) is 5.91 Å². The van der Waals surface area contributed by atoms with Crippen molar-refractivity contribution in [1.29, 1.82) is 0 Å². The maximum Gasteiger partial charge on any atom is 0.260 e. The summed E-state index contributed by atoms with van der Waals surface area (Å²) < 4.78 is 18.6. The Bertz CT molecular complexity index is 631. The van der Waals surface area contributed by atoms with Crippen LogP contribution in [0.5, 0.6) is 5.75 Å². The largest absolute Gasteiger partial charge is 0.481 e. The number of nitrogens with zero attached hydrogens (tertiary/aromatic N) is 1. The predicted octanol–water partition coefficient (Wildman–Crippen LogP) is 3.07. The van der Waals surface area contributed by atoms with Crippen molar-refractivity contribution in [3.63, 3.8) is 0 Å². The molecule has 1 aromatic carbocycles. The Balaban J connectivity index is 1.90. The van der Waals surface area contributed by atoms with Crippen molar-refractivity contribution in [2.75, 3.05) is 20.6 Å². The SMILES string of the molecule is CC(Oc1cccc(F)c1)C(=O)NCC(c1cccs1)N(C)C. The normalized spacial score (nSPS) is 13.6. The highest BCUT2D eigenvalue weighted by Gasteiger charge is 2.19. The number of hydrogen-bond donors (Lipinski definition) is 1. The van der Waals surface area contributed by atoms with E-state index >= 15 is 0 Å². The monoisotopic (exact) mass is 336 g/mol. The van der Waals surface area contributed by atoms with Crippen LogP contribution in [-0.4, -0.2) is 37.6 Å².